The molecule has 0 N–H and O–H groups in total. The van der Waals surface area contributed by atoms with Crippen molar-refractivity contribution in [1.29, 1.82) is 0 Å². The molecule has 0 aromatic heterocycles. The zero-order chi connectivity index (χ0) is 13.0. The van der Waals surface area contributed by atoms with E-state index in [9.17, 15) is 14.9 Å². The van der Waals surface area contributed by atoms with Crippen LogP contribution in [0.15, 0.2) is 18.2 Å². The molecule has 96 valence electrons. The van der Waals surface area contributed by atoms with Gasteiger partial charge in [-0.25, -0.2) is 0 Å². The van der Waals surface area contributed by atoms with Crippen LogP contribution >= 0.6 is 0 Å². The molecule has 1 aromatic rings. The van der Waals surface area contributed by atoms with E-state index < -0.39 is 4.92 Å². The van der Waals surface area contributed by atoms with E-state index >= 15 is 0 Å². The Kier molecular flexibility index (Phi) is 3.88. The molecule has 1 aliphatic rings. The second-order valence-corrected chi connectivity index (χ2v) is 4.05. The number of ether oxygens (including phenoxy) is 2. The molecule has 1 unspecified atom stereocenters. The smallest absolute Gasteiger partial charge is 0.270 e. The van der Waals surface area contributed by atoms with Gasteiger partial charge in [0.1, 0.15) is 11.9 Å². The monoisotopic (exact) mass is 251 g/mol. The van der Waals surface area contributed by atoms with E-state index in [2.05, 4.69) is 0 Å². The Bertz CT molecular complexity index is 454. The summed E-state index contributed by atoms with van der Waals surface area (Å²) in [7, 11) is 0. The molecule has 0 bridgehead atoms. The van der Waals surface area contributed by atoms with Crippen LogP contribution in [0.3, 0.4) is 0 Å². The van der Waals surface area contributed by atoms with Gasteiger partial charge in [-0.05, 0) is 18.9 Å². The number of non-ortho nitro benzene ring substituents is 1. The van der Waals surface area contributed by atoms with Crippen molar-refractivity contribution in [3.05, 3.63) is 33.9 Å². The molecule has 0 aliphatic carbocycles. The first-order chi connectivity index (χ1) is 8.70. The van der Waals surface area contributed by atoms with E-state index in [-0.39, 0.29) is 17.4 Å². The van der Waals surface area contributed by atoms with Gasteiger partial charge in [-0.3, -0.25) is 14.9 Å². The van der Waals surface area contributed by atoms with Crippen molar-refractivity contribution in [2.45, 2.75) is 18.9 Å². The van der Waals surface area contributed by atoms with E-state index in [1.54, 1.807) is 0 Å². The molecule has 1 aliphatic heterocycles. The number of carbonyl (C=O) groups is 1. The number of carbonyl (C=O) groups excluding carboxylic acids is 1. The number of nitrogens with zero attached hydrogens (tertiary/aromatic N) is 1. The van der Waals surface area contributed by atoms with Crippen LogP contribution in [0.2, 0.25) is 0 Å². The normalized spacial score (nSPS) is 19.2. The molecule has 6 heteroatoms. The minimum absolute atomic E-state index is 0.0982. The Balaban J connectivity index is 2.16. The minimum atomic E-state index is -0.541. The van der Waals surface area contributed by atoms with Gasteiger partial charge in [0.2, 0.25) is 0 Å². The maximum absolute atomic E-state index is 10.9. The van der Waals surface area contributed by atoms with Gasteiger partial charge in [-0.2, -0.15) is 0 Å². The molecule has 0 spiro atoms. The maximum atomic E-state index is 10.9. The van der Waals surface area contributed by atoms with E-state index in [1.807, 2.05) is 0 Å². The van der Waals surface area contributed by atoms with Gasteiger partial charge >= 0.3 is 0 Å². The number of rotatable bonds is 4. The van der Waals surface area contributed by atoms with Gasteiger partial charge < -0.3 is 9.47 Å². The van der Waals surface area contributed by atoms with Crippen LogP contribution in [-0.2, 0) is 4.74 Å². The molecule has 1 heterocycles. The van der Waals surface area contributed by atoms with Gasteiger partial charge in [0, 0.05) is 18.7 Å². The zero-order valence-corrected chi connectivity index (χ0v) is 9.70. The van der Waals surface area contributed by atoms with Crippen LogP contribution in [0.5, 0.6) is 5.75 Å². The first-order valence-electron chi connectivity index (χ1n) is 5.68. The number of hydrogen-bond donors (Lipinski definition) is 0. The molecule has 1 atom stereocenters. The molecule has 18 heavy (non-hydrogen) atoms. The standard InChI is InChI=1S/C12H13NO5/c14-7-9-6-10(13(15)16)3-4-12(9)18-11-2-1-5-17-8-11/h3-4,6-7,11H,1-2,5,8H2. The number of nitro benzene ring substituents is 1. The van der Waals surface area contributed by atoms with Gasteiger partial charge in [-0.1, -0.05) is 0 Å². The Morgan fingerprint density at radius 3 is 2.94 bits per heavy atom. The van der Waals surface area contributed by atoms with Crippen LogP contribution in [0.4, 0.5) is 5.69 Å². The zero-order valence-electron chi connectivity index (χ0n) is 9.70. The lowest BCUT2D eigenvalue weighted by Gasteiger charge is -2.23. The first-order valence-corrected chi connectivity index (χ1v) is 5.68. The average Bonchev–Trinajstić information content (AvgIpc) is 2.40. The molecule has 6 nitrogen and oxygen atoms in total. The summed E-state index contributed by atoms with van der Waals surface area (Å²) in [6.07, 6.45) is 2.23. The second kappa shape index (κ2) is 5.59. The van der Waals surface area contributed by atoms with Crippen molar-refractivity contribution in [3.8, 4) is 5.75 Å². The van der Waals surface area contributed by atoms with Crippen molar-refractivity contribution in [1.82, 2.24) is 0 Å². The summed E-state index contributed by atoms with van der Waals surface area (Å²) in [4.78, 5) is 21.0. The quantitative estimate of drug-likeness (QED) is 0.464. The number of aldehydes is 1. The van der Waals surface area contributed by atoms with Gasteiger partial charge in [0.05, 0.1) is 17.1 Å². The largest absolute Gasteiger partial charge is 0.487 e. The summed E-state index contributed by atoms with van der Waals surface area (Å²) in [5.74, 6) is 0.367. The fourth-order valence-corrected chi connectivity index (χ4v) is 1.83. The Hall–Kier alpha value is -1.95. The summed E-state index contributed by atoms with van der Waals surface area (Å²) in [6.45, 7) is 1.20. The summed E-state index contributed by atoms with van der Waals surface area (Å²) >= 11 is 0. The Morgan fingerprint density at radius 2 is 2.33 bits per heavy atom. The predicted octanol–water partition coefficient (Wildman–Crippen LogP) is 1.97. The predicted molar refractivity (Wildman–Crippen MR) is 63.0 cm³/mol. The van der Waals surface area contributed by atoms with Crippen molar-refractivity contribution in [3.63, 3.8) is 0 Å². The van der Waals surface area contributed by atoms with Gasteiger partial charge in [0.15, 0.2) is 6.29 Å². The average molecular weight is 251 g/mol. The van der Waals surface area contributed by atoms with Gasteiger partial charge in [0.25, 0.3) is 5.69 Å². The van der Waals surface area contributed by atoms with Crippen LogP contribution in [-0.4, -0.2) is 30.5 Å². The molecule has 1 saturated heterocycles. The third-order valence-electron chi connectivity index (χ3n) is 2.74. The van der Waals surface area contributed by atoms with E-state index in [0.717, 1.165) is 19.4 Å². The third kappa shape index (κ3) is 2.84. The number of benzene rings is 1. The maximum Gasteiger partial charge on any atom is 0.270 e. The van der Waals surface area contributed by atoms with Crippen LogP contribution in [0, 0.1) is 10.1 Å². The van der Waals surface area contributed by atoms with E-state index in [0.29, 0.717) is 18.6 Å². The summed E-state index contributed by atoms with van der Waals surface area (Å²) in [6, 6.07) is 3.99. The van der Waals surface area contributed by atoms with Crippen LogP contribution < -0.4 is 4.74 Å². The molecule has 1 aromatic carbocycles. The first kappa shape index (κ1) is 12.5. The molecule has 0 radical (unpaired) electrons. The highest BCUT2D eigenvalue weighted by molar-refractivity contribution is 5.80. The SMILES string of the molecule is O=Cc1cc([N+](=O)[O-])ccc1OC1CCCOC1. The summed E-state index contributed by atoms with van der Waals surface area (Å²) in [5.41, 5.74) is 0.0686. The minimum Gasteiger partial charge on any atom is -0.487 e. The van der Waals surface area contributed by atoms with Crippen molar-refractivity contribution in [2.75, 3.05) is 13.2 Å². The third-order valence-corrected chi connectivity index (χ3v) is 2.74. The van der Waals surface area contributed by atoms with E-state index in [4.69, 9.17) is 9.47 Å². The topological polar surface area (TPSA) is 78.7 Å². The number of nitro groups is 1. The van der Waals surface area contributed by atoms with E-state index in [1.165, 1.54) is 18.2 Å². The van der Waals surface area contributed by atoms with Crippen molar-refractivity contribution in [2.24, 2.45) is 0 Å². The highest BCUT2D eigenvalue weighted by Crippen LogP contribution is 2.25. The fourth-order valence-electron chi connectivity index (χ4n) is 1.83. The lowest BCUT2D eigenvalue weighted by molar-refractivity contribution is -0.384. The van der Waals surface area contributed by atoms with Crippen LogP contribution in [0.25, 0.3) is 0 Å². The van der Waals surface area contributed by atoms with Crippen molar-refractivity contribution >= 4 is 12.0 Å². The highest BCUT2D eigenvalue weighted by Gasteiger charge is 2.18. The van der Waals surface area contributed by atoms with Crippen molar-refractivity contribution < 1.29 is 19.2 Å². The molecular weight excluding hydrogens is 238 g/mol. The summed E-state index contributed by atoms with van der Waals surface area (Å²) < 4.78 is 10.9. The molecular formula is C12H13NO5. The Morgan fingerprint density at radius 1 is 1.50 bits per heavy atom. The van der Waals surface area contributed by atoms with Crippen LogP contribution in [0.1, 0.15) is 23.2 Å². The highest BCUT2D eigenvalue weighted by atomic mass is 16.6. The number of hydrogen-bond acceptors (Lipinski definition) is 5. The second-order valence-electron chi connectivity index (χ2n) is 4.05. The lowest BCUT2D eigenvalue weighted by atomic mass is 10.1. The molecule has 0 amide bonds. The molecule has 0 saturated carbocycles. The summed E-state index contributed by atoms with van der Waals surface area (Å²) in [5, 5.41) is 10.6. The molecule has 2 rings (SSSR count). The fraction of sp³-hybridized carbons (Fsp3) is 0.417. The lowest BCUT2D eigenvalue weighted by Crippen LogP contribution is -2.28. The molecule has 1 fully saturated rings. The van der Waals surface area contributed by atoms with Gasteiger partial charge in [-0.15, -0.1) is 0 Å². The Labute approximate surface area is 104 Å².